The highest BCUT2D eigenvalue weighted by Gasteiger charge is 2.17. The number of carbonyl (C=O) groups is 1. The zero-order valence-corrected chi connectivity index (χ0v) is 10.1. The second kappa shape index (κ2) is 6.24. The summed E-state index contributed by atoms with van der Waals surface area (Å²) in [6, 6.07) is 0.417. The van der Waals surface area contributed by atoms with Gasteiger partial charge < -0.3 is 10.2 Å². The first-order chi connectivity index (χ1) is 7.84. The van der Waals surface area contributed by atoms with E-state index in [0.29, 0.717) is 12.5 Å². The van der Waals surface area contributed by atoms with Gasteiger partial charge in [0.2, 0.25) is 5.91 Å². The van der Waals surface area contributed by atoms with Crippen molar-refractivity contribution in [1.82, 2.24) is 10.2 Å². The van der Waals surface area contributed by atoms with E-state index in [9.17, 15) is 4.79 Å². The highest BCUT2D eigenvalue weighted by Crippen LogP contribution is 2.16. The van der Waals surface area contributed by atoms with Crippen LogP contribution in [0.25, 0.3) is 0 Å². The molecule has 2 fully saturated rings. The number of hydrogen-bond acceptors (Lipinski definition) is 2. The summed E-state index contributed by atoms with van der Waals surface area (Å²) in [6.45, 7) is 3.32. The van der Waals surface area contributed by atoms with Gasteiger partial charge in [-0.3, -0.25) is 4.79 Å². The minimum absolute atomic E-state index is 0.243. The van der Waals surface area contributed by atoms with Gasteiger partial charge in [0.25, 0.3) is 0 Å². The van der Waals surface area contributed by atoms with E-state index in [0.717, 1.165) is 19.4 Å². The van der Waals surface area contributed by atoms with Crippen molar-refractivity contribution in [3.05, 3.63) is 6.42 Å². The summed E-state index contributed by atoms with van der Waals surface area (Å²) in [6.07, 6.45) is 10.3. The lowest BCUT2D eigenvalue weighted by atomic mass is 9.95. The van der Waals surface area contributed by atoms with Crippen LogP contribution in [0.15, 0.2) is 0 Å². The molecule has 3 heteroatoms. The van der Waals surface area contributed by atoms with E-state index < -0.39 is 0 Å². The molecule has 2 rings (SSSR count). The first kappa shape index (κ1) is 11.9. The van der Waals surface area contributed by atoms with E-state index in [4.69, 9.17) is 0 Å². The molecule has 0 aromatic rings. The Bertz CT molecular complexity index is 218. The van der Waals surface area contributed by atoms with Crippen molar-refractivity contribution in [3.63, 3.8) is 0 Å². The molecule has 1 unspecified atom stereocenters. The van der Waals surface area contributed by atoms with Crippen LogP contribution in [-0.4, -0.2) is 36.5 Å². The molecular formula is C13H23N2O. The topological polar surface area (TPSA) is 32.3 Å². The Morgan fingerprint density at radius 2 is 2.12 bits per heavy atom. The maximum atomic E-state index is 11.7. The second-order valence-electron chi connectivity index (χ2n) is 5.02. The average Bonchev–Trinajstić information content (AvgIpc) is 2.81. The van der Waals surface area contributed by atoms with Crippen molar-refractivity contribution in [1.29, 1.82) is 0 Å². The largest absolute Gasteiger partial charge is 0.353 e. The molecule has 0 aromatic heterocycles. The summed E-state index contributed by atoms with van der Waals surface area (Å²) < 4.78 is 0. The number of hydrogen-bond donors (Lipinski definition) is 1. The fraction of sp³-hybridized carbons (Fsp3) is 0.846. The van der Waals surface area contributed by atoms with Gasteiger partial charge in [-0.15, -0.1) is 0 Å². The minimum atomic E-state index is 0.243. The van der Waals surface area contributed by atoms with Gasteiger partial charge in [-0.25, -0.2) is 0 Å². The van der Waals surface area contributed by atoms with Crippen molar-refractivity contribution in [2.45, 2.75) is 51.0 Å². The van der Waals surface area contributed by atoms with Crippen LogP contribution in [0.4, 0.5) is 0 Å². The van der Waals surface area contributed by atoms with Gasteiger partial charge >= 0.3 is 0 Å². The highest BCUT2D eigenvalue weighted by atomic mass is 16.1. The van der Waals surface area contributed by atoms with Crippen LogP contribution in [-0.2, 0) is 4.79 Å². The second-order valence-corrected chi connectivity index (χ2v) is 5.02. The summed E-state index contributed by atoms with van der Waals surface area (Å²) in [4.78, 5) is 14.1. The van der Waals surface area contributed by atoms with Crippen LogP contribution in [0.3, 0.4) is 0 Å². The SMILES string of the molecule is O=C(CCN1CCCC1)NC1C[CH]CCC1. The summed E-state index contributed by atoms with van der Waals surface area (Å²) in [5.74, 6) is 0.243. The van der Waals surface area contributed by atoms with E-state index >= 15 is 0 Å². The molecule has 1 N–H and O–H groups in total. The lowest BCUT2D eigenvalue weighted by Gasteiger charge is -2.23. The van der Waals surface area contributed by atoms with E-state index in [-0.39, 0.29) is 5.91 Å². The zero-order chi connectivity index (χ0) is 11.2. The lowest BCUT2D eigenvalue weighted by Crippen LogP contribution is -2.38. The van der Waals surface area contributed by atoms with Gasteiger partial charge in [-0.05, 0) is 45.2 Å². The number of amides is 1. The van der Waals surface area contributed by atoms with Gasteiger partial charge in [0.15, 0.2) is 0 Å². The Morgan fingerprint density at radius 1 is 1.31 bits per heavy atom. The van der Waals surface area contributed by atoms with Gasteiger partial charge in [-0.1, -0.05) is 12.8 Å². The van der Waals surface area contributed by atoms with Crippen molar-refractivity contribution in [3.8, 4) is 0 Å². The molecule has 0 bridgehead atoms. The number of likely N-dealkylation sites (tertiary alicyclic amines) is 1. The number of rotatable bonds is 4. The maximum Gasteiger partial charge on any atom is 0.221 e. The van der Waals surface area contributed by atoms with E-state index in [1.165, 1.54) is 38.8 Å². The molecule has 2 aliphatic rings. The maximum absolute atomic E-state index is 11.7. The third-order valence-corrected chi connectivity index (χ3v) is 3.63. The van der Waals surface area contributed by atoms with Gasteiger partial charge in [0.1, 0.15) is 0 Å². The Morgan fingerprint density at radius 3 is 2.81 bits per heavy atom. The fourth-order valence-electron chi connectivity index (χ4n) is 2.64. The van der Waals surface area contributed by atoms with E-state index in [2.05, 4.69) is 16.6 Å². The van der Waals surface area contributed by atoms with Crippen molar-refractivity contribution < 1.29 is 4.79 Å². The quantitative estimate of drug-likeness (QED) is 0.787. The van der Waals surface area contributed by atoms with Crippen molar-refractivity contribution >= 4 is 5.91 Å². The van der Waals surface area contributed by atoms with E-state index in [1.807, 2.05) is 0 Å². The molecule has 1 saturated heterocycles. The van der Waals surface area contributed by atoms with Gasteiger partial charge in [-0.2, -0.15) is 0 Å². The molecular weight excluding hydrogens is 200 g/mol. The monoisotopic (exact) mass is 223 g/mol. The molecule has 1 amide bonds. The van der Waals surface area contributed by atoms with Crippen LogP contribution < -0.4 is 5.32 Å². The molecule has 1 aliphatic carbocycles. The summed E-state index contributed by atoms with van der Waals surface area (Å²) in [5.41, 5.74) is 0. The zero-order valence-electron chi connectivity index (χ0n) is 10.1. The fourth-order valence-corrected chi connectivity index (χ4v) is 2.64. The van der Waals surface area contributed by atoms with Crippen LogP contribution in [0.1, 0.15) is 44.9 Å². The third kappa shape index (κ3) is 3.78. The molecule has 1 radical (unpaired) electrons. The normalized spacial score (nSPS) is 23.5. The first-order valence-electron chi connectivity index (χ1n) is 6.68. The average molecular weight is 223 g/mol. The van der Waals surface area contributed by atoms with Crippen molar-refractivity contribution in [2.24, 2.45) is 0 Å². The van der Waals surface area contributed by atoms with Crippen LogP contribution in [0.5, 0.6) is 0 Å². The van der Waals surface area contributed by atoms with Crippen LogP contribution in [0, 0.1) is 6.42 Å². The van der Waals surface area contributed by atoms with Crippen LogP contribution >= 0.6 is 0 Å². The first-order valence-corrected chi connectivity index (χ1v) is 6.68. The Hall–Kier alpha value is -0.570. The van der Waals surface area contributed by atoms with E-state index in [1.54, 1.807) is 0 Å². The van der Waals surface area contributed by atoms with Crippen LogP contribution in [0.2, 0.25) is 0 Å². The third-order valence-electron chi connectivity index (χ3n) is 3.63. The molecule has 91 valence electrons. The summed E-state index contributed by atoms with van der Waals surface area (Å²) in [5, 5.41) is 3.15. The number of nitrogens with zero attached hydrogens (tertiary/aromatic N) is 1. The molecule has 1 atom stereocenters. The predicted molar refractivity (Wildman–Crippen MR) is 65.0 cm³/mol. The summed E-state index contributed by atoms with van der Waals surface area (Å²) >= 11 is 0. The highest BCUT2D eigenvalue weighted by molar-refractivity contribution is 5.76. The molecule has 1 aliphatic heterocycles. The molecule has 16 heavy (non-hydrogen) atoms. The van der Waals surface area contributed by atoms with Gasteiger partial charge in [0.05, 0.1) is 0 Å². The molecule has 0 aromatic carbocycles. The van der Waals surface area contributed by atoms with Gasteiger partial charge in [0, 0.05) is 19.0 Å². The summed E-state index contributed by atoms with van der Waals surface area (Å²) in [7, 11) is 0. The molecule has 0 spiro atoms. The molecule has 1 heterocycles. The lowest BCUT2D eigenvalue weighted by molar-refractivity contribution is -0.122. The Labute approximate surface area is 98.6 Å². The molecule has 3 nitrogen and oxygen atoms in total. The number of carbonyl (C=O) groups excluding carboxylic acids is 1. The smallest absolute Gasteiger partial charge is 0.221 e. The molecule has 1 saturated carbocycles. The standard InChI is InChI=1S/C13H23N2O/c16-13(8-11-15-9-4-5-10-15)14-12-6-2-1-3-7-12/h2,12H,1,3-11H2,(H,14,16). The number of nitrogens with one attached hydrogen (secondary N) is 1. The minimum Gasteiger partial charge on any atom is -0.353 e. The van der Waals surface area contributed by atoms with Crippen molar-refractivity contribution in [2.75, 3.05) is 19.6 Å². The Balaban J connectivity index is 1.59. The Kier molecular flexibility index (Phi) is 4.64. The predicted octanol–water partition coefficient (Wildman–Crippen LogP) is 1.74.